The Morgan fingerprint density at radius 1 is 0.700 bits per heavy atom. The number of rotatable bonds is 7. The molecule has 0 aromatic heterocycles. The van der Waals surface area contributed by atoms with Crippen LogP contribution < -0.4 is 0 Å². The molecule has 2 saturated heterocycles. The summed E-state index contributed by atoms with van der Waals surface area (Å²) in [6, 6.07) is 9.07. The van der Waals surface area contributed by atoms with E-state index in [0.717, 1.165) is 5.56 Å². The Labute approximate surface area is 172 Å². The zero-order chi connectivity index (χ0) is 21.8. The van der Waals surface area contributed by atoms with Gasteiger partial charge >= 0.3 is 0 Å². The van der Waals surface area contributed by atoms with Crippen LogP contribution in [0.3, 0.4) is 0 Å². The van der Waals surface area contributed by atoms with Crippen molar-refractivity contribution in [3.05, 3.63) is 35.9 Å². The van der Waals surface area contributed by atoms with Crippen molar-refractivity contribution >= 4 is 0 Å². The Balaban J connectivity index is 1.66. The summed E-state index contributed by atoms with van der Waals surface area (Å²) in [5, 5.41) is 69.7. The van der Waals surface area contributed by atoms with Crippen molar-refractivity contribution in [2.75, 3.05) is 13.2 Å². The summed E-state index contributed by atoms with van der Waals surface area (Å²) in [6.45, 7) is -1.18. The molecule has 7 N–H and O–H groups in total. The van der Waals surface area contributed by atoms with E-state index < -0.39 is 74.6 Å². The van der Waals surface area contributed by atoms with Crippen molar-refractivity contribution in [3.63, 3.8) is 0 Å². The predicted octanol–water partition coefficient (Wildman–Crippen LogP) is -3.17. The van der Waals surface area contributed by atoms with Gasteiger partial charge in [0.25, 0.3) is 0 Å². The predicted molar refractivity (Wildman–Crippen MR) is 97.6 cm³/mol. The molecule has 0 radical (unpaired) electrons. The van der Waals surface area contributed by atoms with Crippen LogP contribution in [0.2, 0.25) is 0 Å². The zero-order valence-electron chi connectivity index (χ0n) is 16.0. The third-order valence-electron chi connectivity index (χ3n) is 5.22. The molecule has 2 aliphatic rings. The van der Waals surface area contributed by atoms with Gasteiger partial charge in [0, 0.05) is 0 Å². The second kappa shape index (κ2) is 10.4. The van der Waals surface area contributed by atoms with E-state index in [9.17, 15) is 35.7 Å². The van der Waals surface area contributed by atoms with Gasteiger partial charge in [0.05, 0.1) is 19.8 Å². The van der Waals surface area contributed by atoms with Crippen molar-refractivity contribution < 1.29 is 54.7 Å². The van der Waals surface area contributed by atoms with Crippen molar-refractivity contribution in [1.82, 2.24) is 0 Å². The van der Waals surface area contributed by atoms with Gasteiger partial charge in [-0.1, -0.05) is 30.3 Å². The SMILES string of the molecule is OCC1O[C@@H](O[C@H]2C(CO)O[C@@H](OCc3ccccc3)C(O)[C@H]2O)C(O)[C@@H](O)[C@H]1O. The van der Waals surface area contributed by atoms with Crippen LogP contribution in [-0.2, 0) is 25.6 Å². The van der Waals surface area contributed by atoms with Crippen LogP contribution in [-0.4, -0.2) is 110 Å². The second-order valence-electron chi connectivity index (χ2n) is 7.30. The normalized spacial score (nSPS) is 42.2. The van der Waals surface area contributed by atoms with E-state index in [-0.39, 0.29) is 6.61 Å². The number of aliphatic hydroxyl groups is 7. The number of hydrogen-bond donors (Lipinski definition) is 7. The van der Waals surface area contributed by atoms with E-state index in [0.29, 0.717) is 0 Å². The van der Waals surface area contributed by atoms with Crippen molar-refractivity contribution in [1.29, 1.82) is 0 Å². The Kier molecular flexibility index (Phi) is 8.12. The summed E-state index contributed by atoms with van der Waals surface area (Å²) in [6.07, 6.45) is -14.7. The lowest BCUT2D eigenvalue weighted by Gasteiger charge is -2.45. The molecule has 0 bridgehead atoms. The molecule has 11 heteroatoms. The Morgan fingerprint density at radius 2 is 1.30 bits per heavy atom. The molecule has 10 atom stereocenters. The van der Waals surface area contributed by atoms with Crippen LogP contribution in [0.1, 0.15) is 5.56 Å². The Hall–Kier alpha value is -1.22. The molecule has 170 valence electrons. The Morgan fingerprint density at radius 3 is 1.93 bits per heavy atom. The fourth-order valence-electron chi connectivity index (χ4n) is 3.45. The summed E-state index contributed by atoms with van der Waals surface area (Å²) in [5.74, 6) is 0. The molecule has 0 aliphatic carbocycles. The highest BCUT2D eigenvalue weighted by Crippen LogP contribution is 2.29. The molecule has 0 amide bonds. The molecule has 2 heterocycles. The topological polar surface area (TPSA) is 179 Å². The molecule has 2 fully saturated rings. The maximum atomic E-state index is 10.5. The monoisotopic (exact) mass is 432 g/mol. The number of aliphatic hydroxyl groups excluding tert-OH is 7. The molecule has 30 heavy (non-hydrogen) atoms. The highest BCUT2D eigenvalue weighted by atomic mass is 16.7. The largest absolute Gasteiger partial charge is 0.394 e. The second-order valence-corrected chi connectivity index (χ2v) is 7.30. The fraction of sp³-hybridized carbons (Fsp3) is 0.684. The standard InChI is InChI=1S/C19H28O11/c20-6-10-12(22)13(23)15(25)19(28-10)30-17-11(7-21)29-18(16(26)14(17)24)27-8-9-4-2-1-3-5-9/h1-5,10-26H,6-8H2/t10?,11?,12-,13-,14+,15?,16?,17-,18+,19-/m0/s1. The summed E-state index contributed by atoms with van der Waals surface area (Å²) in [4.78, 5) is 0. The van der Waals surface area contributed by atoms with Gasteiger partial charge in [0.2, 0.25) is 0 Å². The van der Waals surface area contributed by atoms with E-state index in [4.69, 9.17) is 18.9 Å². The lowest BCUT2D eigenvalue weighted by molar-refractivity contribution is -0.360. The Bertz CT molecular complexity index is 643. The molecule has 11 nitrogen and oxygen atoms in total. The van der Waals surface area contributed by atoms with Gasteiger partial charge in [-0.25, -0.2) is 0 Å². The zero-order valence-corrected chi connectivity index (χ0v) is 16.0. The third kappa shape index (κ3) is 4.98. The quantitative estimate of drug-likeness (QED) is 0.231. The molecule has 4 unspecified atom stereocenters. The van der Waals surface area contributed by atoms with E-state index in [1.807, 2.05) is 18.2 Å². The average molecular weight is 432 g/mol. The summed E-state index contributed by atoms with van der Waals surface area (Å²) >= 11 is 0. The first-order valence-corrected chi connectivity index (χ1v) is 9.61. The fourth-order valence-corrected chi connectivity index (χ4v) is 3.45. The molecular formula is C19H28O11. The van der Waals surface area contributed by atoms with Gasteiger partial charge in [0.1, 0.15) is 48.8 Å². The van der Waals surface area contributed by atoms with Gasteiger partial charge < -0.3 is 54.7 Å². The lowest BCUT2D eigenvalue weighted by atomic mass is 9.97. The van der Waals surface area contributed by atoms with Crippen LogP contribution >= 0.6 is 0 Å². The van der Waals surface area contributed by atoms with E-state index >= 15 is 0 Å². The van der Waals surface area contributed by atoms with Gasteiger partial charge in [-0.2, -0.15) is 0 Å². The molecule has 0 spiro atoms. The first-order valence-electron chi connectivity index (χ1n) is 9.61. The smallest absolute Gasteiger partial charge is 0.187 e. The van der Waals surface area contributed by atoms with Crippen molar-refractivity contribution in [3.8, 4) is 0 Å². The van der Waals surface area contributed by atoms with Crippen molar-refractivity contribution in [2.24, 2.45) is 0 Å². The number of benzene rings is 1. The van der Waals surface area contributed by atoms with Crippen LogP contribution in [0.4, 0.5) is 0 Å². The molecule has 2 aliphatic heterocycles. The minimum absolute atomic E-state index is 0.0890. The average Bonchev–Trinajstić information content (AvgIpc) is 2.77. The molecule has 0 saturated carbocycles. The van der Waals surface area contributed by atoms with Crippen LogP contribution in [0, 0.1) is 0 Å². The van der Waals surface area contributed by atoms with Gasteiger partial charge in [-0.3, -0.25) is 0 Å². The molecule has 1 aromatic rings. The summed E-state index contributed by atoms with van der Waals surface area (Å²) in [5.41, 5.74) is 0.808. The van der Waals surface area contributed by atoms with Crippen LogP contribution in [0.5, 0.6) is 0 Å². The van der Waals surface area contributed by atoms with E-state index in [1.54, 1.807) is 12.1 Å². The molecule has 3 rings (SSSR count). The minimum atomic E-state index is -1.71. The maximum Gasteiger partial charge on any atom is 0.187 e. The first-order chi connectivity index (χ1) is 14.4. The maximum absolute atomic E-state index is 10.5. The third-order valence-corrected chi connectivity index (χ3v) is 5.22. The van der Waals surface area contributed by atoms with Gasteiger partial charge in [0.15, 0.2) is 12.6 Å². The van der Waals surface area contributed by atoms with E-state index in [2.05, 4.69) is 0 Å². The number of ether oxygens (including phenoxy) is 4. The summed E-state index contributed by atoms with van der Waals surface area (Å²) in [7, 11) is 0. The summed E-state index contributed by atoms with van der Waals surface area (Å²) < 4.78 is 21.8. The number of hydrogen-bond acceptors (Lipinski definition) is 11. The van der Waals surface area contributed by atoms with Gasteiger partial charge in [-0.05, 0) is 5.56 Å². The highest BCUT2D eigenvalue weighted by Gasteiger charge is 2.50. The first kappa shape index (κ1) is 23.4. The van der Waals surface area contributed by atoms with E-state index in [1.165, 1.54) is 0 Å². The van der Waals surface area contributed by atoms with Crippen molar-refractivity contribution in [2.45, 2.75) is 68.0 Å². The highest BCUT2D eigenvalue weighted by molar-refractivity contribution is 5.13. The minimum Gasteiger partial charge on any atom is -0.394 e. The van der Waals surface area contributed by atoms with Gasteiger partial charge in [-0.15, -0.1) is 0 Å². The molecule has 1 aromatic carbocycles. The lowest BCUT2D eigenvalue weighted by Crippen LogP contribution is -2.64. The van der Waals surface area contributed by atoms with Crippen LogP contribution in [0.25, 0.3) is 0 Å². The molecular weight excluding hydrogens is 404 g/mol. The van der Waals surface area contributed by atoms with Crippen LogP contribution in [0.15, 0.2) is 30.3 Å².